The van der Waals surface area contributed by atoms with Crippen LogP contribution in [0.25, 0.3) is 22.4 Å². The minimum Gasteiger partial charge on any atom is -0.507 e. The maximum absolute atomic E-state index is 10.2. The van der Waals surface area contributed by atoms with Gasteiger partial charge in [-0.1, -0.05) is 0 Å². The van der Waals surface area contributed by atoms with E-state index in [0.717, 1.165) is 41.2 Å². The van der Waals surface area contributed by atoms with Gasteiger partial charge in [0.15, 0.2) is 11.5 Å². The van der Waals surface area contributed by atoms with Crippen LogP contribution in [-0.2, 0) is 13.0 Å². The van der Waals surface area contributed by atoms with Gasteiger partial charge in [0, 0.05) is 23.4 Å². The highest BCUT2D eigenvalue weighted by molar-refractivity contribution is 5.83. The molecule has 3 aromatic rings. The summed E-state index contributed by atoms with van der Waals surface area (Å²) >= 11 is 0. The van der Waals surface area contributed by atoms with Crippen molar-refractivity contribution in [3.8, 4) is 39.6 Å². The lowest BCUT2D eigenvalue weighted by Crippen LogP contribution is -2.12. The lowest BCUT2D eigenvalue weighted by Gasteiger charge is -2.23. The largest absolute Gasteiger partial charge is 0.507 e. The Morgan fingerprint density at radius 3 is 2.11 bits per heavy atom. The number of fused-ring (bicyclic) bond motifs is 3. The molecule has 2 aromatic carbocycles. The summed E-state index contributed by atoms with van der Waals surface area (Å²) in [5.74, 6) is 1.91. The van der Waals surface area contributed by atoms with E-state index >= 15 is 0 Å². The molecule has 4 nitrogen and oxygen atoms in total. The molecular weight excluding hydrogens is 350 g/mol. The maximum atomic E-state index is 10.2. The van der Waals surface area contributed by atoms with Crippen LogP contribution in [0.15, 0.2) is 24.3 Å². The smallest absolute Gasteiger partial charge is 0.161 e. The Morgan fingerprint density at radius 1 is 0.893 bits per heavy atom. The van der Waals surface area contributed by atoms with Crippen LogP contribution in [0.4, 0.5) is 0 Å². The number of hydrogen-bond donors (Lipinski definition) is 1. The number of hydrogen-bond acceptors (Lipinski definition) is 3. The van der Waals surface area contributed by atoms with Crippen molar-refractivity contribution in [2.45, 2.75) is 40.7 Å². The molecular formula is C24H27NO3. The van der Waals surface area contributed by atoms with Crippen LogP contribution < -0.4 is 9.47 Å². The van der Waals surface area contributed by atoms with Crippen molar-refractivity contribution in [2.24, 2.45) is 0 Å². The van der Waals surface area contributed by atoms with Crippen LogP contribution in [0.5, 0.6) is 17.2 Å². The number of benzene rings is 2. The first kappa shape index (κ1) is 18.5. The second-order valence-electron chi connectivity index (χ2n) is 7.66. The molecule has 0 spiro atoms. The van der Waals surface area contributed by atoms with Crippen molar-refractivity contribution < 1.29 is 14.6 Å². The molecule has 0 saturated carbocycles. The van der Waals surface area contributed by atoms with Crippen molar-refractivity contribution >= 4 is 0 Å². The molecule has 4 heteroatoms. The van der Waals surface area contributed by atoms with Crippen LogP contribution in [-0.4, -0.2) is 23.9 Å². The number of phenols is 1. The van der Waals surface area contributed by atoms with Crippen LogP contribution in [0.3, 0.4) is 0 Å². The maximum Gasteiger partial charge on any atom is 0.161 e. The van der Waals surface area contributed by atoms with Gasteiger partial charge in [-0.05, 0) is 86.2 Å². The number of phenolic OH excluding ortho intramolecular Hbond substituents is 1. The lowest BCUT2D eigenvalue weighted by atomic mass is 9.93. The predicted molar refractivity (Wildman–Crippen MR) is 113 cm³/mol. The van der Waals surface area contributed by atoms with Gasteiger partial charge < -0.3 is 19.1 Å². The summed E-state index contributed by atoms with van der Waals surface area (Å²) in [5, 5.41) is 10.2. The van der Waals surface area contributed by atoms with Crippen molar-refractivity contribution in [3.05, 3.63) is 52.2 Å². The fourth-order valence-corrected chi connectivity index (χ4v) is 4.63. The molecule has 0 bridgehead atoms. The minimum absolute atomic E-state index is 0.380. The molecule has 0 atom stereocenters. The molecule has 0 saturated heterocycles. The number of rotatable bonds is 3. The van der Waals surface area contributed by atoms with Gasteiger partial charge >= 0.3 is 0 Å². The van der Waals surface area contributed by atoms with E-state index < -0.39 is 0 Å². The normalized spacial score (nSPS) is 12.5. The highest BCUT2D eigenvalue weighted by atomic mass is 16.5. The van der Waals surface area contributed by atoms with Crippen molar-refractivity contribution in [2.75, 3.05) is 14.2 Å². The second kappa shape index (κ2) is 6.62. The minimum atomic E-state index is 0.380. The molecule has 0 aliphatic carbocycles. The molecule has 2 heterocycles. The van der Waals surface area contributed by atoms with Gasteiger partial charge in [0.1, 0.15) is 5.75 Å². The molecule has 4 rings (SSSR count). The molecule has 28 heavy (non-hydrogen) atoms. The van der Waals surface area contributed by atoms with Gasteiger partial charge in [-0.15, -0.1) is 0 Å². The van der Waals surface area contributed by atoms with Crippen LogP contribution >= 0.6 is 0 Å². The summed E-state index contributed by atoms with van der Waals surface area (Å²) in [4.78, 5) is 0. The van der Waals surface area contributed by atoms with Crippen molar-refractivity contribution in [3.63, 3.8) is 0 Å². The molecule has 0 radical (unpaired) electrons. The summed E-state index contributed by atoms with van der Waals surface area (Å²) in [5.41, 5.74) is 10.5. The molecule has 0 amide bonds. The number of methoxy groups -OCH3 is 2. The molecule has 146 valence electrons. The summed E-state index contributed by atoms with van der Waals surface area (Å²) in [6.07, 6.45) is 0.963. The topological polar surface area (TPSA) is 43.6 Å². The highest BCUT2D eigenvalue weighted by Crippen LogP contribution is 2.45. The van der Waals surface area contributed by atoms with E-state index in [0.29, 0.717) is 5.75 Å². The van der Waals surface area contributed by atoms with Gasteiger partial charge in [-0.2, -0.15) is 0 Å². The SMILES string of the molecule is COc1cc2c(cc1OC)-c1c(C)c(-c3cc(C)c(O)c(C)c3)c(C)n1CC2. The third kappa shape index (κ3) is 2.59. The van der Waals surface area contributed by atoms with Crippen LogP contribution in [0.1, 0.15) is 27.9 Å². The zero-order chi connectivity index (χ0) is 20.2. The van der Waals surface area contributed by atoms with Crippen molar-refractivity contribution in [1.29, 1.82) is 0 Å². The average molecular weight is 377 g/mol. The van der Waals surface area contributed by atoms with Gasteiger partial charge in [-0.25, -0.2) is 0 Å². The second-order valence-corrected chi connectivity index (χ2v) is 7.66. The van der Waals surface area contributed by atoms with Gasteiger partial charge in [0.05, 0.1) is 19.9 Å². The van der Waals surface area contributed by atoms with Gasteiger partial charge in [0.25, 0.3) is 0 Å². The molecule has 1 aliphatic heterocycles. The Labute approximate surface area is 166 Å². The quantitative estimate of drug-likeness (QED) is 0.670. The van der Waals surface area contributed by atoms with Crippen LogP contribution in [0.2, 0.25) is 0 Å². The molecule has 0 unspecified atom stereocenters. The lowest BCUT2D eigenvalue weighted by molar-refractivity contribution is 0.354. The first-order valence-corrected chi connectivity index (χ1v) is 9.62. The Balaban J connectivity index is 1.97. The van der Waals surface area contributed by atoms with Crippen LogP contribution in [0, 0.1) is 27.7 Å². The Kier molecular flexibility index (Phi) is 4.37. The van der Waals surface area contributed by atoms with E-state index in [-0.39, 0.29) is 0 Å². The third-order valence-electron chi connectivity index (χ3n) is 6.02. The van der Waals surface area contributed by atoms with E-state index in [9.17, 15) is 5.11 Å². The Bertz CT molecular complexity index is 1070. The summed E-state index contributed by atoms with van der Waals surface area (Å²) in [6, 6.07) is 8.37. The molecule has 1 N–H and O–H groups in total. The Morgan fingerprint density at radius 2 is 1.50 bits per heavy atom. The summed E-state index contributed by atoms with van der Waals surface area (Å²) < 4.78 is 13.5. The van der Waals surface area contributed by atoms with Gasteiger partial charge in [-0.3, -0.25) is 0 Å². The van der Waals surface area contributed by atoms with E-state index in [1.54, 1.807) is 14.2 Å². The zero-order valence-corrected chi connectivity index (χ0v) is 17.4. The number of aromatic nitrogens is 1. The third-order valence-corrected chi connectivity index (χ3v) is 6.02. The van der Waals surface area contributed by atoms with Crippen molar-refractivity contribution in [1.82, 2.24) is 4.57 Å². The van der Waals surface area contributed by atoms with E-state index in [2.05, 4.69) is 42.7 Å². The predicted octanol–water partition coefficient (Wildman–Crippen LogP) is 5.33. The number of ether oxygens (including phenoxy) is 2. The first-order chi connectivity index (χ1) is 13.4. The fraction of sp³-hybridized carbons (Fsp3) is 0.333. The van der Waals surface area contributed by atoms with Gasteiger partial charge in [0.2, 0.25) is 0 Å². The molecule has 0 fully saturated rings. The molecule has 1 aromatic heterocycles. The first-order valence-electron chi connectivity index (χ1n) is 9.62. The van der Waals surface area contributed by atoms with E-state index in [1.807, 2.05) is 13.8 Å². The number of aromatic hydroxyl groups is 1. The Hall–Kier alpha value is -2.88. The standard InChI is InChI=1S/C24H27NO3/c1-13-9-18(10-14(2)24(13)26)22-15(3)23-19-12-21(28-6)20(27-5)11-17(19)7-8-25(23)16(22)4/h9-12,26H,7-8H2,1-6H3. The fourth-order valence-electron chi connectivity index (χ4n) is 4.63. The average Bonchev–Trinajstić information content (AvgIpc) is 2.95. The zero-order valence-electron chi connectivity index (χ0n) is 17.4. The monoisotopic (exact) mass is 377 g/mol. The number of aryl methyl sites for hydroxylation is 3. The molecule has 1 aliphatic rings. The van der Waals surface area contributed by atoms with E-state index in [4.69, 9.17) is 9.47 Å². The number of nitrogens with zero attached hydrogens (tertiary/aromatic N) is 1. The van der Waals surface area contributed by atoms with E-state index in [1.165, 1.54) is 33.6 Å². The summed E-state index contributed by atoms with van der Waals surface area (Å²) in [7, 11) is 3.36. The summed E-state index contributed by atoms with van der Waals surface area (Å²) in [6.45, 7) is 9.24. The highest BCUT2D eigenvalue weighted by Gasteiger charge is 2.26.